The Balaban J connectivity index is 1.64. The number of halogens is 1. The van der Waals surface area contributed by atoms with Crippen LogP contribution in [0.2, 0.25) is 5.02 Å². The number of aromatic nitrogens is 1. The Kier molecular flexibility index (Phi) is 7.12. The van der Waals surface area contributed by atoms with Crippen molar-refractivity contribution in [1.82, 2.24) is 9.88 Å². The predicted molar refractivity (Wildman–Crippen MR) is 133 cm³/mol. The number of pyridine rings is 1. The molecule has 1 heterocycles. The van der Waals surface area contributed by atoms with Crippen LogP contribution in [0.25, 0.3) is 0 Å². The van der Waals surface area contributed by atoms with Gasteiger partial charge in [0.1, 0.15) is 5.75 Å². The van der Waals surface area contributed by atoms with Crippen molar-refractivity contribution in [2.75, 3.05) is 5.32 Å². The van der Waals surface area contributed by atoms with Crippen LogP contribution < -0.4 is 16.2 Å². The number of carbonyl (C=O) groups is 2. The minimum Gasteiger partial charge on any atom is -0.505 e. The molecule has 4 N–H and O–H groups in total. The SMILES string of the molecule is Cc1ccc([C@H](CC(=O)O)NC(=O)Nc2c(O)c3c(n(Cc4ccccc4Cl)c2=O)CCC3)cc1. The Bertz CT molecular complexity index is 1330. The number of nitrogens with one attached hydrogen (secondary N) is 2. The van der Waals surface area contributed by atoms with Crippen LogP contribution in [0.4, 0.5) is 10.5 Å². The van der Waals surface area contributed by atoms with Crippen molar-refractivity contribution in [2.24, 2.45) is 0 Å². The molecule has 0 bridgehead atoms. The molecule has 3 aromatic rings. The third-order valence-corrected chi connectivity index (χ3v) is 6.55. The summed E-state index contributed by atoms with van der Waals surface area (Å²) in [6, 6.07) is 12.7. The van der Waals surface area contributed by atoms with Crippen LogP contribution in [0.3, 0.4) is 0 Å². The topological polar surface area (TPSA) is 121 Å². The van der Waals surface area contributed by atoms with Crippen LogP contribution >= 0.6 is 11.6 Å². The van der Waals surface area contributed by atoms with Gasteiger partial charge >= 0.3 is 12.0 Å². The summed E-state index contributed by atoms with van der Waals surface area (Å²) in [5.41, 5.74) is 2.90. The van der Waals surface area contributed by atoms with Crippen LogP contribution in [-0.2, 0) is 24.2 Å². The molecule has 35 heavy (non-hydrogen) atoms. The van der Waals surface area contributed by atoms with Gasteiger partial charge in [-0.2, -0.15) is 0 Å². The molecule has 0 spiro atoms. The van der Waals surface area contributed by atoms with E-state index in [1.807, 2.05) is 31.2 Å². The zero-order valence-electron chi connectivity index (χ0n) is 19.2. The van der Waals surface area contributed by atoms with E-state index in [9.17, 15) is 24.6 Å². The molecule has 1 aliphatic rings. The fraction of sp³-hybridized carbons (Fsp3) is 0.269. The quantitative estimate of drug-likeness (QED) is 0.387. The largest absolute Gasteiger partial charge is 0.505 e. The van der Waals surface area contributed by atoms with Gasteiger partial charge in [-0.1, -0.05) is 59.6 Å². The minimum atomic E-state index is -1.08. The summed E-state index contributed by atoms with van der Waals surface area (Å²) in [6.45, 7) is 2.10. The number of hydrogen-bond acceptors (Lipinski definition) is 4. The van der Waals surface area contributed by atoms with E-state index in [-0.39, 0.29) is 24.4 Å². The van der Waals surface area contributed by atoms with Gasteiger partial charge in [0.2, 0.25) is 0 Å². The Hall–Kier alpha value is -3.78. The average molecular weight is 496 g/mol. The molecule has 1 atom stereocenters. The average Bonchev–Trinajstić information content (AvgIpc) is 3.30. The lowest BCUT2D eigenvalue weighted by atomic mass is 10.0. The maximum absolute atomic E-state index is 13.4. The summed E-state index contributed by atoms with van der Waals surface area (Å²) < 4.78 is 1.54. The van der Waals surface area contributed by atoms with Gasteiger partial charge in [-0.3, -0.25) is 9.59 Å². The van der Waals surface area contributed by atoms with Gasteiger partial charge in [-0.15, -0.1) is 0 Å². The standard InChI is InChI=1S/C26H26ClN3O5/c1-15-9-11-16(12-10-15)20(13-22(31)32)28-26(35)29-23-24(33)18-6-4-8-21(18)30(25(23)34)14-17-5-2-3-7-19(17)27/h2-3,5,7,9-12,20,33H,4,6,8,13-14H2,1H3,(H,31,32)(H2,28,29,35)/t20-/m0/s1. The molecule has 4 rings (SSSR count). The van der Waals surface area contributed by atoms with E-state index in [0.29, 0.717) is 29.0 Å². The van der Waals surface area contributed by atoms with E-state index in [1.54, 1.807) is 24.3 Å². The third-order valence-electron chi connectivity index (χ3n) is 6.18. The first-order valence-corrected chi connectivity index (χ1v) is 11.7. The molecule has 182 valence electrons. The van der Waals surface area contributed by atoms with E-state index in [0.717, 1.165) is 23.2 Å². The maximum atomic E-state index is 13.4. The summed E-state index contributed by atoms with van der Waals surface area (Å²) in [4.78, 5) is 37.7. The third kappa shape index (κ3) is 5.33. The highest BCUT2D eigenvalue weighted by Crippen LogP contribution is 2.34. The van der Waals surface area contributed by atoms with Gasteiger partial charge in [0.15, 0.2) is 5.69 Å². The highest BCUT2D eigenvalue weighted by molar-refractivity contribution is 6.31. The van der Waals surface area contributed by atoms with E-state index in [1.165, 1.54) is 4.57 Å². The molecular formula is C26H26ClN3O5. The number of aromatic hydroxyl groups is 1. The van der Waals surface area contributed by atoms with Gasteiger partial charge in [0, 0.05) is 16.3 Å². The molecule has 2 amide bonds. The lowest BCUT2D eigenvalue weighted by Crippen LogP contribution is -2.37. The number of rotatable bonds is 7. The Morgan fingerprint density at radius 1 is 1.11 bits per heavy atom. The zero-order valence-corrected chi connectivity index (χ0v) is 19.9. The van der Waals surface area contributed by atoms with Crippen molar-refractivity contribution in [3.05, 3.63) is 91.9 Å². The number of carboxylic acids is 1. The monoisotopic (exact) mass is 495 g/mol. The molecule has 0 radical (unpaired) electrons. The number of carboxylic acid groups (broad SMARTS) is 1. The normalized spacial score (nSPS) is 13.2. The summed E-state index contributed by atoms with van der Waals surface area (Å²) in [5.74, 6) is -1.34. The molecule has 0 unspecified atom stereocenters. The second-order valence-electron chi connectivity index (χ2n) is 8.64. The second-order valence-corrected chi connectivity index (χ2v) is 9.05. The fourth-order valence-corrected chi connectivity index (χ4v) is 4.60. The van der Waals surface area contributed by atoms with Gasteiger partial charge in [0.05, 0.1) is 19.0 Å². The van der Waals surface area contributed by atoms with Crippen molar-refractivity contribution in [2.45, 2.75) is 45.2 Å². The van der Waals surface area contributed by atoms with Gasteiger partial charge in [-0.25, -0.2) is 4.79 Å². The maximum Gasteiger partial charge on any atom is 0.319 e. The molecule has 9 heteroatoms. The van der Waals surface area contributed by atoms with E-state index in [4.69, 9.17) is 11.6 Å². The van der Waals surface area contributed by atoms with Crippen LogP contribution in [0.1, 0.15) is 46.8 Å². The number of hydrogen-bond donors (Lipinski definition) is 4. The van der Waals surface area contributed by atoms with Gasteiger partial charge in [0.25, 0.3) is 5.56 Å². The molecule has 0 aliphatic heterocycles. The highest BCUT2D eigenvalue weighted by Gasteiger charge is 2.27. The first kappa shape index (κ1) is 24.3. The van der Waals surface area contributed by atoms with Crippen LogP contribution in [0.5, 0.6) is 5.75 Å². The molecule has 1 aromatic heterocycles. The fourth-order valence-electron chi connectivity index (χ4n) is 4.40. The van der Waals surface area contributed by atoms with Crippen LogP contribution in [0.15, 0.2) is 53.3 Å². The van der Waals surface area contributed by atoms with Crippen molar-refractivity contribution < 1.29 is 19.8 Å². The molecule has 0 saturated heterocycles. The van der Waals surface area contributed by atoms with E-state index in [2.05, 4.69) is 10.6 Å². The van der Waals surface area contributed by atoms with Crippen molar-refractivity contribution in [3.63, 3.8) is 0 Å². The molecular weight excluding hydrogens is 470 g/mol. The smallest absolute Gasteiger partial charge is 0.319 e. The number of anilines is 1. The number of nitrogens with zero attached hydrogens (tertiary/aromatic N) is 1. The summed E-state index contributed by atoms with van der Waals surface area (Å²) >= 11 is 6.31. The first-order chi connectivity index (χ1) is 16.7. The van der Waals surface area contributed by atoms with Crippen molar-refractivity contribution >= 4 is 29.3 Å². The summed E-state index contributed by atoms with van der Waals surface area (Å²) in [7, 11) is 0. The number of fused-ring (bicyclic) bond motifs is 1. The van der Waals surface area contributed by atoms with Crippen LogP contribution in [-0.4, -0.2) is 26.8 Å². The molecule has 1 aliphatic carbocycles. The number of urea groups is 1. The van der Waals surface area contributed by atoms with Gasteiger partial charge in [-0.05, 0) is 43.4 Å². The lowest BCUT2D eigenvalue weighted by molar-refractivity contribution is -0.137. The summed E-state index contributed by atoms with van der Waals surface area (Å²) in [5, 5.41) is 25.8. The Labute approximate surface area is 207 Å². The van der Waals surface area contributed by atoms with E-state index < -0.39 is 23.6 Å². The molecule has 2 aromatic carbocycles. The highest BCUT2D eigenvalue weighted by atomic mass is 35.5. The second kappa shape index (κ2) is 10.2. The lowest BCUT2D eigenvalue weighted by Gasteiger charge is -2.20. The minimum absolute atomic E-state index is 0.197. The number of aliphatic carboxylic acids is 1. The zero-order chi connectivity index (χ0) is 25.1. The van der Waals surface area contributed by atoms with Crippen LogP contribution in [0, 0.1) is 6.92 Å². The van der Waals surface area contributed by atoms with E-state index >= 15 is 0 Å². The number of aryl methyl sites for hydroxylation is 1. The Morgan fingerprint density at radius 2 is 1.83 bits per heavy atom. The number of benzene rings is 2. The molecule has 0 saturated carbocycles. The number of amides is 2. The predicted octanol–water partition coefficient (Wildman–Crippen LogP) is 4.39. The van der Waals surface area contributed by atoms with Gasteiger partial charge < -0.3 is 25.4 Å². The molecule has 8 nitrogen and oxygen atoms in total. The Morgan fingerprint density at radius 3 is 2.51 bits per heavy atom. The summed E-state index contributed by atoms with van der Waals surface area (Å²) in [6.07, 6.45) is 1.63. The first-order valence-electron chi connectivity index (χ1n) is 11.3. The van der Waals surface area contributed by atoms with Crippen molar-refractivity contribution in [3.8, 4) is 5.75 Å². The van der Waals surface area contributed by atoms with Crippen molar-refractivity contribution in [1.29, 1.82) is 0 Å². The molecule has 0 fully saturated rings. The number of carbonyl (C=O) groups excluding carboxylic acids is 1.